The summed E-state index contributed by atoms with van der Waals surface area (Å²) in [5.74, 6) is 1.14. The number of aromatic nitrogens is 1. The van der Waals surface area contributed by atoms with Gasteiger partial charge in [0.15, 0.2) is 5.58 Å². The number of nitrogens with one attached hydrogen (secondary N) is 1. The highest BCUT2D eigenvalue weighted by atomic mass is 16.5. The lowest BCUT2D eigenvalue weighted by atomic mass is 10.2. The van der Waals surface area contributed by atoms with Gasteiger partial charge in [-0.25, -0.2) is 0 Å². The minimum absolute atomic E-state index is 0.0800. The molecule has 24 heavy (non-hydrogen) atoms. The fourth-order valence-corrected chi connectivity index (χ4v) is 2.64. The predicted molar refractivity (Wildman–Crippen MR) is 93.5 cm³/mol. The highest BCUT2D eigenvalue weighted by molar-refractivity contribution is 5.97. The van der Waals surface area contributed by atoms with Gasteiger partial charge >= 0.3 is 0 Å². The molecule has 1 N–H and O–H groups in total. The molecule has 5 heteroatoms. The van der Waals surface area contributed by atoms with E-state index in [1.807, 2.05) is 34.9 Å². The van der Waals surface area contributed by atoms with Crippen LogP contribution in [0.5, 0.6) is 5.75 Å². The summed E-state index contributed by atoms with van der Waals surface area (Å²) in [5.41, 5.74) is 3.34. The first kappa shape index (κ1) is 16.2. The van der Waals surface area contributed by atoms with E-state index in [0.29, 0.717) is 24.7 Å². The van der Waals surface area contributed by atoms with E-state index in [-0.39, 0.29) is 5.91 Å². The van der Waals surface area contributed by atoms with Gasteiger partial charge in [0, 0.05) is 25.2 Å². The maximum absolute atomic E-state index is 12.5. The van der Waals surface area contributed by atoms with Gasteiger partial charge in [0.05, 0.1) is 18.9 Å². The second-order valence-corrected chi connectivity index (χ2v) is 6.24. The molecule has 1 amide bonds. The molecular formula is C19H22N2O3. The zero-order valence-electron chi connectivity index (χ0n) is 14.2. The van der Waals surface area contributed by atoms with Crippen molar-refractivity contribution in [2.24, 2.45) is 5.92 Å². The first-order chi connectivity index (χ1) is 11.6. The van der Waals surface area contributed by atoms with E-state index < -0.39 is 0 Å². The molecule has 3 aromatic rings. The summed E-state index contributed by atoms with van der Waals surface area (Å²) in [4.78, 5) is 12.5. The van der Waals surface area contributed by atoms with Gasteiger partial charge in [-0.15, -0.1) is 0 Å². The molecule has 0 unspecified atom stereocenters. The van der Waals surface area contributed by atoms with Crippen LogP contribution < -0.4 is 10.1 Å². The van der Waals surface area contributed by atoms with Crippen molar-refractivity contribution in [2.45, 2.75) is 20.4 Å². The van der Waals surface area contributed by atoms with Gasteiger partial charge in [-0.2, -0.15) is 0 Å². The Kier molecular flexibility index (Phi) is 4.60. The Labute approximate surface area is 141 Å². The molecule has 0 saturated heterocycles. The molecule has 2 heterocycles. The van der Waals surface area contributed by atoms with Gasteiger partial charge in [0.1, 0.15) is 11.4 Å². The quantitative estimate of drug-likeness (QED) is 0.752. The minimum atomic E-state index is -0.0800. The Morgan fingerprint density at radius 1 is 1.25 bits per heavy atom. The maximum Gasteiger partial charge on any atom is 0.268 e. The third kappa shape index (κ3) is 3.30. The smallest absolute Gasteiger partial charge is 0.268 e. The Morgan fingerprint density at radius 3 is 2.67 bits per heavy atom. The number of rotatable bonds is 6. The molecule has 0 atom stereocenters. The molecule has 0 saturated carbocycles. The average Bonchev–Trinajstić information content (AvgIpc) is 3.16. The number of hydrogen-bond donors (Lipinski definition) is 1. The highest BCUT2D eigenvalue weighted by Crippen LogP contribution is 2.23. The molecule has 0 radical (unpaired) electrons. The number of furan rings is 1. The third-order valence-corrected chi connectivity index (χ3v) is 3.93. The lowest BCUT2D eigenvalue weighted by Gasteiger charge is -2.12. The number of carbonyl (C=O) groups excluding carboxylic acids is 1. The number of fused-ring (bicyclic) bond motifs is 1. The molecule has 0 aliphatic rings. The van der Waals surface area contributed by atoms with Gasteiger partial charge in [-0.3, -0.25) is 4.79 Å². The van der Waals surface area contributed by atoms with Gasteiger partial charge in [0.2, 0.25) is 0 Å². The second kappa shape index (κ2) is 6.83. The number of carbonyl (C=O) groups is 1. The van der Waals surface area contributed by atoms with Crippen LogP contribution in [0.3, 0.4) is 0 Å². The van der Waals surface area contributed by atoms with Crippen LogP contribution in [0, 0.1) is 5.92 Å². The molecule has 0 aliphatic heterocycles. The summed E-state index contributed by atoms with van der Waals surface area (Å²) in [6.07, 6.45) is 1.64. The number of nitrogens with zero attached hydrogens (tertiary/aromatic N) is 1. The minimum Gasteiger partial charge on any atom is -0.497 e. The Morgan fingerprint density at radius 2 is 2.00 bits per heavy atom. The van der Waals surface area contributed by atoms with Crippen LogP contribution in [0.4, 0.5) is 0 Å². The summed E-state index contributed by atoms with van der Waals surface area (Å²) < 4.78 is 12.6. The number of ether oxygens (including phenoxy) is 1. The monoisotopic (exact) mass is 326 g/mol. The van der Waals surface area contributed by atoms with E-state index in [9.17, 15) is 4.79 Å². The Balaban J connectivity index is 1.90. The second-order valence-electron chi connectivity index (χ2n) is 6.24. The standard InChI is InChI=1S/C19H22N2O3/c1-13(2)11-20-19(22)17-10-18-16(8-9-24-18)21(17)12-14-4-6-15(23-3)7-5-14/h4-10,13H,11-12H2,1-3H3,(H,20,22). The van der Waals surface area contributed by atoms with Crippen molar-refractivity contribution < 1.29 is 13.9 Å². The van der Waals surface area contributed by atoms with E-state index in [4.69, 9.17) is 9.15 Å². The summed E-state index contributed by atoms with van der Waals surface area (Å²) in [7, 11) is 1.65. The Hall–Kier alpha value is -2.69. The van der Waals surface area contributed by atoms with Crippen LogP contribution in [0.1, 0.15) is 29.9 Å². The van der Waals surface area contributed by atoms with E-state index >= 15 is 0 Å². The molecular weight excluding hydrogens is 304 g/mol. The lowest BCUT2D eigenvalue weighted by molar-refractivity contribution is 0.0940. The van der Waals surface area contributed by atoms with Crippen LogP contribution in [0.2, 0.25) is 0 Å². The molecule has 0 fully saturated rings. The summed E-state index contributed by atoms with van der Waals surface area (Å²) in [6.45, 7) is 5.39. The molecule has 0 spiro atoms. The largest absolute Gasteiger partial charge is 0.497 e. The van der Waals surface area contributed by atoms with Crippen LogP contribution in [0.15, 0.2) is 47.1 Å². The third-order valence-electron chi connectivity index (χ3n) is 3.93. The van der Waals surface area contributed by atoms with Gasteiger partial charge in [-0.1, -0.05) is 26.0 Å². The molecule has 2 aromatic heterocycles. The zero-order chi connectivity index (χ0) is 17.1. The van der Waals surface area contributed by atoms with Gasteiger partial charge in [0.25, 0.3) is 5.91 Å². The van der Waals surface area contributed by atoms with Crippen molar-refractivity contribution in [3.05, 3.63) is 53.9 Å². The summed E-state index contributed by atoms with van der Waals surface area (Å²) >= 11 is 0. The van der Waals surface area contributed by atoms with E-state index in [0.717, 1.165) is 22.4 Å². The van der Waals surface area contributed by atoms with Crippen molar-refractivity contribution in [1.82, 2.24) is 9.88 Å². The van der Waals surface area contributed by atoms with Crippen molar-refractivity contribution >= 4 is 17.0 Å². The van der Waals surface area contributed by atoms with Crippen LogP contribution in [-0.4, -0.2) is 24.1 Å². The number of amides is 1. The fourth-order valence-electron chi connectivity index (χ4n) is 2.64. The number of benzene rings is 1. The van der Waals surface area contributed by atoms with Crippen LogP contribution in [0.25, 0.3) is 11.1 Å². The van der Waals surface area contributed by atoms with E-state index in [2.05, 4.69) is 19.2 Å². The summed E-state index contributed by atoms with van der Waals surface area (Å²) in [5, 5.41) is 2.97. The zero-order valence-corrected chi connectivity index (χ0v) is 14.2. The predicted octanol–water partition coefficient (Wildman–Crippen LogP) is 3.68. The molecule has 0 aliphatic carbocycles. The molecule has 126 valence electrons. The van der Waals surface area contributed by atoms with Crippen molar-refractivity contribution in [3.63, 3.8) is 0 Å². The van der Waals surface area contributed by atoms with E-state index in [1.165, 1.54) is 0 Å². The maximum atomic E-state index is 12.5. The molecule has 1 aromatic carbocycles. The van der Waals surface area contributed by atoms with Crippen molar-refractivity contribution in [3.8, 4) is 5.75 Å². The van der Waals surface area contributed by atoms with Gasteiger partial charge < -0.3 is 19.0 Å². The first-order valence-electron chi connectivity index (χ1n) is 8.06. The SMILES string of the molecule is COc1ccc(Cn2c(C(=O)NCC(C)C)cc3occc32)cc1. The molecule has 3 rings (SSSR count). The van der Waals surface area contributed by atoms with E-state index in [1.54, 1.807) is 19.4 Å². The topological polar surface area (TPSA) is 56.4 Å². The Bertz CT molecular complexity index is 828. The average molecular weight is 326 g/mol. The van der Waals surface area contributed by atoms with Gasteiger partial charge in [-0.05, 0) is 23.6 Å². The molecule has 0 bridgehead atoms. The number of methoxy groups -OCH3 is 1. The summed E-state index contributed by atoms with van der Waals surface area (Å²) in [6, 6.07) is 11.5. The van der Waals surface area contributed by atoms with Crippen LogP contribution >= 0.6 is 0 Å². The van der Waals surface area contributed by atoms with Crippen molar-refractivity contribution in [2.75, 3.05) is 13.7 Å². The normalized spacial score (nSPS) is 11.2. The van der Waals surface area contributed by atoms with Crippen molar-refractivity contribution in [1.29, 1.82) is 0 Å². The fraction of sp³-hybridized carbons (Fsp3) is 0.316. The first-order valence-corrected chi connectivity index (χ1v) is 8.06. The molecule has 5 nitrogen and oxygen atoms in total. The van der Waals surface area contributed by atoms with Crippen LogP contribution in [-0.2, 0) is 6.54 Å². The lowest BCUT2D eigenvalue weighted by Crippen LogP contribution is -2.29. The highest BCUT2D eigenvalue weighted by Gasteiger charge is 2.17. The number of hydrogen-bond acceptors (Lipinski definition) is 3.